The predicted octanol–water partition coefficient (Wildman–Crippen LogP) is 2.35. The molecular weight excluding hydrogens is 221 g/mol. The van der Waals surface area contributed by atoms with Crippen molar-refractivity contribution in [2.75, 3.05) is 32.2 Å². The van der Waals surface area contributed by atoms with Crippen molar-refractivity contribution in [2.24, 2.45) is 0 Å². The van der Waals surface area contributed by atoms with Gasteiger partial charge >= 0.3 is 0 Å². The minimum atomic E-state index is -0.809. The summed E-state index contributed by atoms with van der Waals surface area (Å²) in [7, 11) is 3.54. The molecule has 0 fully saturated rings. The van der Waals surface area contributed by atoms with Gasteiger partial charge in [0.1, 0.15) is 5.82 Å². The summed E-state index contributed by atoms with van der Waals surface area (Å²) < 4.78 is 18.6. The van der Waals surface area contributed by atoms with Gasteiger partial charge in [0.2, 0.25) is 0 Å². The van der Waals surface area contributed by atoms with Gasteiger partial charge in [-0.05, 0) is 25.5 Å². The number of halogens is 1. The highest BCUT2D eigenvalue weighted by Crippen LogP contribution is 2.28. The van der Waals surface area contributed by atoms with E-state index in [0.29, 0.717) is 12.2 Å². The molecule has 0 unspecified atom stereocenters. The van der Waals surface area contributed by atoms with Crippen LogP contribution in [-0.2, 0) is 4.74 Å². The van der Waals surface area contributed by atoms with Crippen molar-refractivity contribution in [1.82, 2.24) is 0 Å². The number of hydrogen-bond acceptors (Lipinski definition) is 3. The molecule has 0 heterocycles. The fourth-order valence-corrected chi connectivity index (χ4v) is 1.84. The Morgan fingerprint density at radius 3 is 2.76 bits per heavy atom. The summed E-state index contributed by atoms with van der Waals surface area (Å²) in [4.78, 5) is 1.93. The van der Waals surface area contributed by atoms with Gasteiger partial charge in [-0.1, -0.05) is 6.07 Å². The van der Waals surface area contributed by atoms with Crippen LogP contribution in [0, 0.1) is 5.82 Å². The molecule has 1 N–H and O–H groups in total. The molecule has 3 nitrogen and oxygen atoms in total. The highest BCUT2D eigenvalue weighted by Gasteiger charge is 2.15. The zero-order valence-corrected chi connectivity index (χ0v) is 10.6. The molecule has 96 valence electrons. The molecule has 4 heteroatoms. The van der Waals surface area contributed by atoms with Crippen LogP contribution in [0.2, 0.25) is 0 Å². The van der Waals surface area contributed by atoms with Gasteiger partial charge in [-0.25, -0.2) is 4.39 Å². The lowest BCUT2D eigenvalue weighted by Gasteiger charge is -2.23. The van der Waals surface area contributed by atoms with E-state index in [1.807, 2.05) is 18.0 Å². The third-order valence-electron chi connectivity index (χ3n) is 2.70. The fraction of sp³-hybridized carbons (Fsp3) is 0.538. The molecule has 0 amide bonds. The van der Waals surface area contributed by atoms with Crippen molar-refractivity contribution in [1.29, 1.82) is 0 Å². The van der Waals surface area contributed by atoms with Crippen molar-refractivity contribution in [3.05, 3.63) is 29.6 Å². The van der Waals surface area contributed by atoms with Gasteiger partial charge < -0.3 is 14.7 Å². The Labute approximate surface area is 102 Å². The van der Waals surface area contributed by atoms with Crippen LogP contribution in [0.5, 0.6) is 0 Å². The second-order valence-electron chi connectivity index (χ2n) is 4.12. The first-order chi connectivity index (χ1) is 8.07. The van der Waals surface area contributed by atoms with Crippen molar-refractivity contribution in [3.63, 3.8) is 0 Å². The van der Waals surface area contributed by atoms with Crippen molar-refractivity contribution in [3.8, 4) is 0 Å². The molecule has 0 spiro atoms. The Kier molecular flexibility index (Phi) is 5.38. The molecule has 1 rings (SSSR count). The molecule has 0 aromatic heterocycles. The fourth-order valence-electron chi connectivity index (χ4n) is 1.84. The number of nitrogens with zero attached hydrogens (tertiary/aromatic N) is 1. The van der Waals surface area contributed by atoms with E-state index in [9.17, 15) is 9.50 Å². The number of anilines is 1. The molecule has 0 aliphatic rings. The molecule has 1 atom stereocenters. The van der Waals surface area contributed by atoms with E-state index in [2.05, 4.69) is 0 Å². The average molecular weight is 241 g/mol. The number of rotatable bonds is 6. The van der Waals surface area contributed by atoms with Crippen LogP contribution in [0.1, 0.15) is 25.0 Å². The van der Waals surface area contributed by atoms with Crippen molar-refractivity contribution < 1.29 is 14.2 Å². The van der Waals surface area contributed by atoms with Crippen LogP contribution in [0.3, 0.4) is 0 Å². The Morgan fingerprint density at radius 1 is 1.47 bits per heavy atom. The van der Waals surface area contributed by atoms with E-state index < -0.39 is 6.10 Å². The van der Waals surface area contributed by atoms with Gasteiger partial charge in [0.05, 0.1) is 6.10 Å². The first-order valence-electron chi connectivity index (χ1n) is 5.74. The molecule has 1 aromatic rings. The maximum absolute atomic E-state index is 13.6. The molecule has 0 aliphatic heterocycles. The first kappa shape index (κ1) is 13.9. The molecule has 0 saturated carbocycles. The summed E-state index contributed by atoms with van der Waals surface area (Å²) in [6.45, 7) is 3.01. The second kappa shape index (κ2) is 6.57. The van der Waals surface area contributed by atoms with Gasteiger partial charge in [-0.3, -0.25) is 0 Å². The topological polar surface area (TPSA) is 32.7 Å². The third-order valence-corrected chi connectivity index (χ3v) is 2.70. The van der Waals surface area contributed by atoms with Crippen LogP contribution in [0.15, 0.2) is 18.2 Å². The van der Waals surface area contributed by atoms with E-state index in [0.717, 1.165) is 18.7 Å². The van der Waals surface area contributed by atoms with Crippen LogP contribution >= 0.6 is 0 Å². The van der Waals surface area contributed by atoms with Gasteiger partial charge in [0, 0.05) is 38.6 Å². The average Bonchev–Trinajstić information content (AvgIpc) is 2.28. The molecule has 1 aromatic carbocycles. The van der Waals surface area contributed by atoms with Gasteiger partial charge in [-0.15, -0.1) is 0 Å². The zero-order valence-electron chi connectivity index (χ0n) is 10.6. The molecule has 17 heavy (non-hydrogen) atoms. The van der Waals surface area contributed by atoms with Gasteiger partial charge in [0.15, 0.2) is 0 Å². The monoisotopic (exact) mass is 241 g/mol. The molecular formula is C13H20FNO2. The number of ether oxygens (including phenoxy) is 1. The minimum absolute atomic E-state index is 0.354. The summed E-state index contributed by atoms with van der Waals surface area (Å²) in [6.07, 6.45) is 0.0547. The zero-order chi connectivity index (χ0) is 12.8. The third kappa shape index (κ3) is 3.68. The van der Waals surface area contributed by atoms with Gasteiger partial charge in [0.25, 0.3) is 0 Å². The summed E-state index contributed by atoms with van der Waals surface area (Å²) in [5, 5.41) is 9.61. The van der Waals surface area contributed by atoms with E-state index >= 15 is 0 Å². The summed E-state index contributed by atoms with van der Waals surface area (Å²) in [5.74, 6) is -0.365. The quantitative estimate of drug-likeness (QED) is 0.776. The van der Waals surface area contributed by atoms with E-state index in [1.54, 1.807) is 20.1 Å². The Bertz CT molecular complexity index is 355. The Morgan fingerprint density at radius 2 is 2.18 bits per heavy atom. The SMILES string of the molecule is COCCCN(C)c1cccc(F)c1[C@@H](C)O. The number of aliphatic hydroxyl groups is 1. The largest absolute Gasteiger partial charge is 0.389 e. The van der Waals surface area contributed by atoms with Crippen LogP contribution in [0.25, 0.3) is 0 Å². The highest BCUT2D eigenvalue weighted by molar-refractivity contribution is 5.54. The lowest BCUT2D eigenvalue weighted by Crippen LogP contribution is -2.22. The van der Waals surface area contributed by atoms with Gasteiger partial charge in [-0.2, -0.15) is 0 Å². The lowest BCUT2D eigenvalue weighted by atomic mass is 10.1. The number of hydrogen-bond donors (Lipinski definition) is 1. The summed E-state index contributed by atoms with van der Waals surface area (Å²) >= 11 is 0. The van der Waals surface area contributed by atoms with E-state index in [-0.39, 0.29) is 5.82 Å². The van der Waals surface area contributed by atoms with Crippen molar-refractivity contribution in [2.45, 2.75) is 19.4 Å². The Hall–Kier alpha value is -1.13. The molecule has 0 radical (unpaired) electrons. The standard InChI is InChI=1S/C13H20FNO2/c1-10(16)13-11(14)6-4-7-12(13)15(2)8-5-9-17-3/h4,6-7,10,16H,5,8-9H2,1-3H3/t10-/m1/s1. The van der Waals surface area contributed by atoms with Crippen LogP contribution in [0.4, 0.5) is 10.1 Å². The van der Waals surface area contributed by atoms with Crippen LogP contribution in [-0.4, -0.2) is 32.4 Å². The number of methoxy groups -OCH3 is 1. The number of benzene rings is 1. The normalized spacial score (nSPS) is 12.5. The Balaban J connectivity index is 2.85. The molecule has 0 bridgehead atoms. The summed E-state index contributed by atoms with van der Waals surface area (Å²) in [6, 6.07) is 4.84. The maximum atomic E-state index is 13.6. The van der Waals surface area contributed by atoms with E-state index in [1.165, 1.54) is 6.07 Å². The first-order valence-corrected chi connectivity index (χ1v) is 5.74. The van der Waals surface area contributed by atoms with Crippen LogP contribution < -0.4 is 4.90 Å². The maximum Gasteiger partial charge on any atom is 0.131 e. The molecule has 0 aliphatic carbocycles. The smallest absolute Gasteiger partial charge is 0.131 e. The van der Waals surface area contributed by atoms with Crippen molar-refractivity contribution >= 4 is 5.69 Å². The minimum Gasteiger partial charge on any atom is -0.389 e. The highest BCUT2D eigenvalue weighted by atomic mass is 19.1. The summed E-state index contributed by atoms with van der Waals surface area (Å²) in [5.41, 5.74) is 1.09. The second-order valence-corrected chi connectivity index (χ2v) is 4.12. The molecule has 0 saturated heterocycles. The van der Waals surface area contributed by atoms with E-state index in [4.69, 9.17) is 4.74 Å². The number of aliphatic hydroxyl groups excluding tert-OH is 1. The lowest BCUT2D eigenvalue weighted by molar-refractivity contribution is 0.193. The predicted molar refractivity (Wildman–Crippen MR) is 66.8 cm³/mol.